The first-order valence-corrected chi connectivity index (χ1v) is 4.74. The molecule has 0 aromatic heterocycles. The minimum atomic E-state index is 0. The molecule has 0 spiro atoms. The molecule has 0 atom stereocenters. The number of hydrogen-bond acceptors (Lipinski definition) is 0. The van der Waals surface area contributed by atoms with E-state index in [9.17, 15) is 0 Å². The third kappa shape index (κ3) is 4.48. The van der Waals surface area contributed by atoms with Crippen LogP contribution >= 0.6 is 0 Å². The summed E-state index contributed by atoms with van der Waals surface area (Å²) in [7, 11) is 0. The second-order valence-electron chi connectivity index (χ2n) is 3.12. The van der Waals surface area contributed by atoms with Crippen LogP contribution < -0.4 is 37.7 Å². The van der Waals surface area contributed by atoms with Crippen molar-refractivity contribution in [3.8, 4) is 0 Å². The van der Waals surface area contributed by atoms with Gasteiger partial charge in [-0.25, -0.2) is 17.7 Å². The molecular weight excluding hydrogens is 182 g/mol. The summed E-state index contributed by atoms with van der Waals surface area (Å²) in [4.78, 5) is 0. The van der Waals surface area contributed by atoms with Crippen molar-refractivity contribution >= 4 is 12.2 Å². The molecule has 0 saturated heterocycles. The van der Waals surface area contributed by atoms with Crippen LogP contribution in [-0.2, 0) is 0 Å². The van der Waals surface area contributed by atoms with Gasteiger partial charge in [0.15, 0.2) is 0 Å². The van der Waals surface area contributed by atoms with E-state index in [4.69, 9.17) is 0 Å². The van der Waals surface area contributed by atoms with Crippen LogP contribution in [0.15, 0.2) is 60.7 Å². The monoisotopic (exact) mass is 194 g/mol. The van der Waals surface area contributed by atoms with Crippen molar-refractivity contribution in [2.24, 2.45) is 0 Å². The SMILES string of the molecule is C1=C\C=C/[c-]2cccc[cH-]cc2\C=C/1.[Li+].[Li+]. The first-order valence-electron chi connectivity index (χ1n) is 4.74. The van der Waals surface area contributed by atoms with Crippen molar-refractivity contribution in [2.75, 3.05) is 0 Å². The maximum absolute atomic E-state index is 2.12. The van der Waals surface area contributed by atoms with Crippen LogP contribution in [0.2, 0.25) is 0 Å². The second-order valence-corrected chi connectivity index (χ2v) is 3.12. The van der Waals surface area contributed by atoms with Gasteiger partial charge >= 0.3 is 37.7 Å². The summed E-state index contributed by atoms with van der Waals surface area (Å²) < 4.78 is 0. The molecule has 0 nitrogen and oxygen atoms in total. The molecule has 0 fully saturated rings. The van der Waals surface area contributed by atoms with E-state index in [1.165, 1.54) is 11.1 Å². The fraction of sp³-hybridized carbons (Fsp3) is 0. The third-order valence-electron chi connectivity index (χ3n) is 2.10. The molecule has 0 saturated carbocycles. The normalized spacial score (nSPS) is 17.2. The van der Waals surface area contributed by atoms with Crippen LogP contribution in [0, 0.1) is 0 Å². The van der Waals surface area contributed by atoms with E-state index in [1.54, 1.807) is 0 Å². The zero-order valence-electron chi connectivity index (χ0n) is 9.93. The Morgan fingerprint density at radius 1 is 0.938 bits per heavy atom. The molecule has 0 amide bonds. The van der Waals surface area contributed by atoms with Gasteiger partial charge in [-0.2, -0.15) is 29.8 Å². The van der Waals surface area contributed by atoms with Gasteiger partial charge in [0, 0.05) is 0 Å². The Kier molecular flexibility index (Phi) is 8.19. The third-order valence-corrected chi connectivity index (χ3v) is 2.10. The summed E-state index contributed by atoms with van der Waals surface area (Å²) in [6.45, 7) is 0. The van der Waals surface area contributed by atoms with Crippen LogP contribution in [-0.4, -0.2) is 0 Å². The summed E-state index contributed by atoms with van der Waals surface area (Å²) in [5, 5.41) is 0. The van der Waals surface area contributed by atoms with Crippen LogP contribution in [0.25, 0.3) is 12.2 Å². The Bertz CT molecular complexity index is 389. The van der Waals surface area contributed by atoms with Gasteiger partial charge in [-0.3, -0.25) is 0 Å². The average Bonchev–Trinajstić information content (AvgIpc) is 2.13. The Balaban J connectivity index is 0.00000112. The fourth-order valence-electron chi connectivity index (χ4n) is 1.39. The summed E-state index contributed by atoms with van der Waals surface area (Å²) >= 11 is 0. The number of rotatable bonds is 0. The first-order chi connectivity index (χ1) is 6.97. The second kappa shape index (κ2) is 8.52. The zero-order chi connectivity index (χ0) is 9.64. The molecule has 1 aliphatic rings. The molecule has 1 aromatic carbocycles. The van der Waals surface area contributed by atoms with E-state index in [2.05, 4.69) is 48.6 Å². The predicted octanol–water partition coefficient (Wildman–Crippen LogP) is -2.15. The Hall–Kier alpha value is -0.625. The van der Waals surface area contributed by atoms with Gasteiger partial charge in [0.05, 0.1) is 0 Å². The average molecular weight is 194 g/mol. The molecule has 0 unspecified atom stereocenters. The largest absolute Gasteiger partial charge is 1.00 e. The summed E-state index contributed by atoms with van der Waals surface area (Å²) in [6, 6.07) is 12.4. The molecule has 1 aromatic rings. The maximum Gasteiger partial charge on any atom is 1.00 e. The predicted molar refractivity (Wildman–Crippen MR) is 62.5 cm³/mol. The van der Waals surface area contributed by atoms with Gasteiger partial charge in [-0.1, -0.05) is 12.2 Å². The molecular formula is C14H12Li2. The van der Waals surface area contributed by atoms with Gasteiger partial charge < -0.3 is 0 Å². The van der Waals surface area contributed by atoms with Crippen molar-refractivity contribution in [1.29, 1.82) is 0 Å². The van der Waals surface area contributed by atoms with Crippen LogP contribution in [0.1, 0.15) is 11.1 Å². The van der Waals surface area contributed by atoms with E-state index < -0.39 is 0 Å². The molecule has 0 heterocycles. The standard InChI is InChI=1S/C14H12.2Li/c1-2-6-10-14-12-8-4-3-7-11-13(14)9-5-1;;/h1-12H;;/q-2;2*+1/b2-1-,4-3?,9-5-,10-6-,11-7?,14-12?;;. The van der Waals surface area contributed by atoms with E-state index in [-0.39, 0.29) is 37.7 Å². The minimum absolute atomic E-state index is 0. The Morgan fingerprint density at radius 3 is 2.62 bits per heavy atom. The van der Waals surface area contributed by atoms with Crippen molar-refractivity contribution in [1.82, 2.24) is 0 Å². The smallest absolute Gasteiger partial charge is 0.228 e. The molecule has 70 valence electrons. The van der Waals surface area contributed by atoms with Crippen molar-refractivity contribution < 1.29 is 37.7 Å². The van der Waals surface area contributed by atoms with Crippen LogP contribution in [0.4, 0.5) is 0 Å². The number of hydrogen-bond donors (Lipinski definition) is 0. The summed E-state index contributed by atoms with van der Waals surface area (Å²) in [5.74, 6) is 0. The van der Waals surface area contributed by atoms with E-state index in [1.807, 2.05) is 24.3 Å². The molecule has 2 rings (SSSR count). The molecule has 0 aliphatic heterocycles. The van der Waals surface area contributed by atoms with E-state index in [0.29, 0.717) is 0 Å². The molecule has 0 bridgehead atoms. The summed E-state index contributed by atoms with van der Waals surface area (Å²) in [5.41, 5.74) is 2.48. The van der Waals surface area contributed by atoms with Gasteiger partial charge in [0.2, 0.25) is 0 Å². The Morgan fingerprint density at radius 2 is 1.75 bits per heavy atom. The fourth-order valence-corrected chi connectivity index (χ4v) is 1.39. The van der Waals surface area contributed by atoms with Crippen molar-refractivity contribution in [3.63, 3.8) is 0 Å². The van der Waals surface area contributed by atoms with Gasteiger partial charge in [-0.15, -0.1) is 24.3 Å². The minimum Gasteiger partial charge on any atom is -0.228 e. The van der Waals surface area contributed by atoms with Crippen molar-refractivity contribution in [3.05, 3.63) is 71.8 Å². The first kappa shape index (κ1) is 15.4. The maximum atomic E-state index is 2.12. The van der Waals surface area contributed by atoms with Gasteiger partial charge in [0.25, 0.3) is 0 Å². The number of fused-ring (bicyclic) bond motifs is 1. The molecule has 2 heteroatoms. The van der Waals surface area contributed by atoms with Gasteiger partial charge in [-0.05, 0) is 0 Å². The molecule has 0 radical (unpaired) electrons. The quantitative estimate of drug-likeness (QED) is 0.326. The molecule has 0 N–H and O–H groups in total. The topological polar surface area (TPSA) is 0 Å². The molecule has 1 aliphatic carbocycles. The zero-order valence-corrected chi connectivity index (χ0v) is 9.93. The Labute approximate surface area is 121 Å². The van der Waals surface area contributed by atoms with Gasteiger partial charge in [0.1, 0.15) is 0 Å². The van der Waals surface area contributed by atoms with E-state index in [0.717, 1.165) is 0 Å². The summed E-state index contributed by atoms with van der Waals surface area (Å²) in [6.07, 6.45) is 12.4. The van der Waals surface area contributed by atoms with Crippen molar-refractivity contribution in [2.45, 2.75) is 0 Å². The number of allylic oxidation sites excluding steroid dienone is 4. The molecule has 16 heavy (non-hydrogen) atoms. The van der Waals surface area contributed by atoms with Crippen LogP contribution in [0.5, 0.6) is 0 Å². The van der Waals surface area contributed by atoms with E-state index >= 15 is 0 Å². The van der Waals surface area contributed by atoms with Crippen LogP contribution in [0.3, 0.4) is 0 Å².